The molecule has 0 saturated heterocycles. The molecule has 1 fully saturated rings. The molecule has 1 aliphatic rings. The number of anilines is 2. The molecule has 1 aliphatic carbocycles. The summed E-state index contributed by atoms with van der Waals surface area (Å²) in [6.07, 6.45) is 7.04. The zero-order chi connectivity index (χ0) is 15.9. The van der Waals surface area contributed by atoms with Gasteiger partial charge in [0.1, 0.15) is 11.6 Å². The van der Waals surface area contributed by atoms with Crippen LogP contribution in [0.25, 0.3) is 0 Å². The van der Waals surface area contributed by atoms with Gasteiger partial charge in [-0.3, -0.25) is 4.79 Å². The van der Waals surface area contributed by atoms with Gasteiger partial charge in [-0.1, -0.05) is 19.3 Å². The fourth-order valence-corrected chi connectivity index (χ4v) is 2.70. The molecule has 0 aliphatic heterocycles. The number of nitrogens with one attached hydrogen (secondary N) is 1. The minimum absolute atomic E-state index is 0.116. The van der Waals surface area contributed by atoms with E-state index in [2.05, 4.69) is 5.32 Å². The second-order valence-corrected chi connectivity index (χ2v) is 5.64. The number of carbonyl (C=O) groups excluding carboxylic acids is 1. The number of nitriles is 1. The van der Waals surface area contributed by atoms with E-state index in [-0.39, 0.29) is 17.5 Å². The second kappa shape index (κ2) is 7.51. The third-order valence-corrected chi connectivity index (χ3v) is 4.09. The van der Waals surface area contributed by atoms with Crippen molar-refractivity contribution >= 4 is 17.3 Å². The molecule has 3 N–H and O–H groups in total. The maximum Gasteiger partial charge on any atom is 0.266 e. The zero-order valence-electron chi connectivity index (χ0n) is 12.9. The highest BCUT2D eigenvalue weighted by Crippen LogP contribution is 2.22. The van der Waals surface area contributed by atoms with Gasteiger partial charge in [-0.2, -0.15) is 5.26 Å². The first-order chi connectivity index (χ1) is 10.6. The SMILES string of the molecule is CN(C(=O)/C(C#N)=C\Nc1ccc(N)cc1)C1CCCCC1. The largest absolute Gasteiger partial charge is 0.399 e. The van der Waals surface area contributed by atoms with E-state index in [1.807, 2.05) is 6.07 Å². The number of nitrogens with zero attached hydrogens (tertiary/aromatic N) is 2. The Balaban J connectivity index is 2.03. The standard InChI is InChI=1S/C17H22N4O/c1-21(16-5-3-2-4-6-16)17(22)13(11-18)12-20-15-9-7-14(19)8-10-15/h7-10,12,16,20H,2-6,19H2,1H3/b13-12-. The van der Waals surface area contributed by atoms with E-state index >= 15 is 0 Å². The molecule has 1 aromatic carbocycles. The van der Waals surface area contributed by atoms with Crippen LogP contribution in [0.3, 0.4) is 0 Å². The molecular formula is C17H22N4O. The van der Waals surface area contributed by atoms with Crippen LogP contribution in [-0.4, -0.2) is 23.9 Å². The Bertz CT molecular complexity index is 580. The average molecular weight is 298 g/mol. The van der Waals surface area contributed by atoms with Crippen molar-refractivity contribution in [1.29, 1.82) is 5.26 Å². The van der Waals surface area contributed by atoms with Crippen molar-refractivity contribution in [3.63, 3.8) is 0 Å². The molecule has 0 atom stereocenters. The minimum atomic E-state index is -0.225. The summed E-state index contributed by atoms with van der Waals surface area (Å²) in [5, 5.41) is 12.2. The number of hydrogen-bond acceptors (Lipinski definition) is 4. The van der Waals surface area contributed by atoms with E-state index in [9.17, 15) is 10.1 Å². The van der Waals surface area contributed by atoms with Crippen molar-refractivity contribution in [1.82, 2.24) is 4.90 Å². The summed E-state index contributed by atoms with van der Waals surface area (Å²) in [5.74, 6) is -0.225. The van der Waals surface area contributed by atoms with Crippen molar-refractivity contribution in [2.75, 3.05) is 18.1 Å². The smallest absolute Gasteiger partial charge is 0.266 e. The Morgan fingerprint density at radius 1 is 1.32 bits per heavy atom. The molecule has 22 heavy (non-hydrogen) atoms. The van der Waals surface area contributed by atoms with Crippen molar-refractivity contribution in [3.8, 4) is 6.07 Å². The van der Waals surface area contributed by atoms with Gasteiger partial charge in [0.2, 0.25) is 0 Å². The highest BCUT2D eigenvalue weighted by atomic mass is 16.2. The molecule has 5 heteroatoms. The highest BCUT2D eigenvalue weighted by molar-refractivity contribution is 5.97. The Hall–Kier alpha value is -2.48. The van der Waals surface area contributed by atoms with Gasteiger partial charge in [-0.15, -0.1) is 0 Å². The number of amides is 1. The summed E-state index contributed by atoms with van der Waals surface area (Å²) in [5.41, 5.74) is 7.20. The van der Waals surface area contributed by atoms with Gasteiger partial charge in [0.15, 0.2) is 0 Å². The van der Waals surface area contributed by atoms with Gasteiger partial charge in [0.25, 0.3) is 5.91 Å². The molecule has 1 aromatic rings. The molecule has 116 valence electrons. The predicted molar refractivity (Wildman–Crippen MR) is 87.8 cm³/mol. The molecule has 0 radical (unpaired) electrons. The van der Waals surface area contributed by atoms with E-state index in [0.29, 0.717) is 5.69 Å². The number of nitrogen functional groups attached to an aromatic ring is 1. The molecule has 5 nitrogen and oxygen atoms in total. The maximum atomic E-state index is 12.4. The number of likely N-dealkylation sites (N-methyl/N-ethyl adjacent to an activating group) is 1. The van der Waals surface area contributed by atoms with Crippen molar-refractivity contribution in [2.45, 2.75) is 38.1 Å². The van der Waals surface area contributed by atoms with Crippen LogP contribution in [-0.2, 0) is 4.79 Å². The van der Waals surface area contributed by atoms with E-state index in [0.717, 1.165) is 31.4 Å². The lowest BCUT2D eigenvalue weighted by molar-refractivity contribution is -0.128. The maximum absolute atomic E-state index is 12.4. The van der Waals surface area contributed by atoms with Gasteiger partial charge in [-0.05, 0) is 37.1 Å². The van der Waals surface area contributed by atoms with Crippen molar-refractivity contribution in [3.05, 3.63) is 36.0 Å². The Labute approximate surface area is 131 Å². The van der Waals surface area contributed by atoms with E-state index in [1.165, 1.54) is 12.6 Å². The van der Waals surface area contributed by atoms with Crippen LogP contribution in [0.4, 0.5) is 11.4 Å². The van der Waals surface area contributed by atoms with Gasteiger partial charge in [0.05, 0.1) is 0 Å². The number of hydrogen-bond donors (Lipinski definition) is 2. The summed E-state index contributed by atoms with van der Waals surface area (Å²) in [6.45, 7) is 0. The molecule has 1 amide bonds. The van der Waals surface area contributed by atoms with Crippen LogP contribution in [0.2, 0.25) is 0 Å². The summed E-state index contributed by atoms with van der Waals surface area (Å²) in [4.78, 5) is 14.1. The molecule has 0 bridgehead atoms. The molecule has 0 heterocycles. The lowest BCUT2D eigenvalue weighted by Crippen LogP contribution is -2.39. The third-order valence-electron chi connectivity index (χ3n) is 4.09. The molecular weight excluding hydrogens is 276 g/mol. The van der Waals surface area contributed by atoms with Gasteiger partial charge in [-0.25, -0.2) is 0 Å². The lowest BCUT2D eigenvalue weighted by Gasteiger charge is -2.31. The fraction of sp³-hybridized carbons (Fsp3) is 0.412. The van der Waals surface area contributed by atoms with Gasteiger partial charge >= 0.3 is 0 Å². The van der Waals surface area contributed by atoms with E-state index < -0.39 is 0 Å². The first-order valence-corrected chi connectivity index (χ1v) is 7.61. The Morgan fingerprint density at radius 2 is 1.95 bits per heavy atom. The molecule has 1 saturated carbocycles. The predicted octanol–water partition coefficient (Wildman–Crippen LogP) is 2.88. The number of carbonyl (C=O) groups is 1. The Kier molecular flexibility index (Phi) is 5.42. The van der Waals surface area contributed by atoms with E-state index in [1.54, 1.807) is 36.2 Å². The first kappa shape index (κ1) is 15.9. The summed E-state index contributed by atoms with van der Waals surface area (Å²) in [7, 11) is 1.78. The Morgan fingerprint density at radius 3 is 2.55 bits per heavy atom. The van der Waals surface area contributed by atoms with Crippen LogP contribution >= 0.6 is 0 Å². The number of rotatable bonds is 4. The van der Waals surface area contributed by atoms with Crippen LogP contribution in [0.5, 0.6) is 0 Å². The van der Waals surface area contributed by atoms with Gasteiger partial charge in [0, 0.05) is 30.7 Å². The number of benzene rings is 1. The van der Waals surface area contributed by atoms with Crippen molar-refractivity contribution < 1.29 is 4.79 Å². The van der Waals surface area contributed by atoms with Crippen LogP contribution in [0, 0.1) is 11.3 Å². The number of nitrogens with two attached hydrogens (primary N) is 1. The average Bonchev–Trinajstić information content (AvgIpc) is 2.57. The molecule has 0 spiro atoms. The normalized spacial score (nSPS) is 15.9. The van der Waals surface area contributed by atoms with Crippen LogP contribution < -0.4 is 11.1 Å². The van der Waals surface area contributed by atoms with Gasteiger partial charge < -0.3 is 16.0 Å². The quantitative estimate of drug-likeness (QED) is 0.509. The fourth-order valence-electron chi connectivity index (χ4n) is 2.70. The summed E-state index contributed by atoms with van der Waals surface area (Å²) >= 11 is 0. The minimum Gasteiger partial charge on any atom is -0.399 e. The lowest BCUT2D eigenvalue weighted by atomic mass is 9.94. The van der Waals surface area contributed by atoms with Crippen LogP contribution in [0.15, 0.2) is 36.0 Å². The molecule has 2 rings (SSSR count). The summed E-state index contributed by atoms with van der Waals surface area (Å²) < 4.78 is 0. The zero-order valence-corrected chi connectivity index (χ0v) is 12.9. The van der Waals surface area contributed by atoms with E-state index in [4.69, 9.17) is 5.73 Å². The first-order valence-electron chi connectivity index (χ1n) is 7.61. The third kappa shape index (κ3) is 4.01. The van der Waals surface area contributed by atoms with Crippen molar-refractivity contribution in [2.24, 2.45) is 0 Å². The molecule has 0 unspecified atom stereocenters. The topological polar surface area (TPSA) is 82.2 Å². The monoisotopic (exact) mass is 298 g/mol. The highest BCUT2D eigenvalue weighted by Gasteiger charge is 2.24. The second-order valence-electron chi connectivity index (χ2n) is 5.64. The summed E-state index contributed by atoms with van der Waals surface area (Å²) in [6, 6.07) is 9.36. The van der Waals surface area contributed by atoms with Crippen LogP contribution in [0.1, 0.15) is 32.1 Å². The molecule has 0 aromatic heterocycles.